The Kier molecular flexibility index (Phi) is 14.3. The molecular formula is C19H34. The minimum Gasteiger partial charge on any atom is -0.0996 e. The van der Waals surface area contributed by atoms with E-state index >= 15 is 0 Å². The molecule has 0 aromatic carbocycles. The van der Waals surface area contributed by atoms with Crippen LogP contribution in [-0.4, -0.2) is 0 Å². The molecule has 1 fully saturated rings. The van der Waals surface area contributed by atoms with E-state index < -0.39 is 0 Å². The van der Waals surface area contributed by atoms with Crippen molar-refractivity contribution in [2.75, 3.05) is 0 Å². The average Bonchev–Trinajstić information content (AvgIpc) is 2.49. The van der Waals surface area contributed by atoms with Gasteiger partial charge < -0.3 is 0 Å². The van der Waals surface area contributed by atoms with Crippen LogP contribution in [0.15, 0.2) is 49.1 Å². The lowest BCUT2D eigenvalue weighted by Crippen LogP contribution is -2.18. The Morgan fingerprint density at radius 3 is 2.16 bits per heavy atom. The van der Waals surface area contributed by atoms with Crippen LogP contribution in [0, 0.1) is 11.8 Å². The van der Waals surface area contributed by atoms with Gasteiger partial charge in [-0.15, -0.1) is 0 Å². The zero-order valence-corrected chi connectivity index (χ0v) is 13.8. The highest BCUT2D eigenvalue weighted by molar-refractivity contribution is 5.26. The Bertz CT molecular complexity index is 280. The van der Waals surface area contributed by atoms with Crippen molar-refractivity contribution in [1.29, 1.82) is 0 Å². The van der Waals surface area contributed by atoms with Gasteiger partial charge in [0.15, 0.2) is 0 Å². The fourth-order valence-corrected chi connectivity index (χ4v) is 2.48. The van der Waals surface area contributed by atoms with E-state index in [2.05, 4.69) is 32.7 Å². The number of hydrogen-bond donors (Lipinski definition) is 0. The van der Waals surface area contributed by atoms with Gasteiger partial charge in [-0.3, -0.25) is 0 Å². The van der Waals surface area contributed by atoms with Gasteiger partial charge in [-0.1, -0.05) is 84.6 Å². The van der Waals surface area contributed by atoms with Crippen LogP contribution in [0.1, 0.15) is 60.3 Å². The Morgan fingerprint density at radius 2 is 1.74 bits per heavy atom. The van der Waals surface area contributed by atoms with Crippen molar-refractivity contribution in [3.05, 3.63) is 49.1 Å². The summed E-state index contributed by atoms with van der Waals surface area (Å²) in [5, 5.41) is 0. The van der Waals surface area contributed by atoms with Gasteiger partial charge in [0.25, 0.3) is 0 Å². The third kappa shape index (κ3) is 7.20. The quantitative estimate of drug-likeness (QED) is 0.389. The maximum Gasteiger partial charge on any atom is -0.0125 e. The highest BCUT2D eigenvalue weighted by Crippen LogP contribution is 2.36. The molecule has 0 aliphatic heterocycles. The molecule has 1 aliphatic carbocycles. The van der Waals surface area contributed by atoms with Crippen molar-refractivity contribution in [2.24, 2.45) is 11.8 Å². The number of allylic oxidation sites excluding steroid dienone is 5. The molecule has 0 heterocycles. The Labute approximate surface area is 122 Å². The van der Waals surface area contributed by atoms with E-state index in [0.717, 1.165) is 0 Å². The molecule has 0 bridgehead atoms. The zero-order chi connectivity index (χ0) is 15.3. The van der Waals surface area contributed by atoms with Gasteiger partial charge in [0.2, 0.25) is 0 Å². The number of rotatable bonds is 4. The molecule has 1 aliphatic rings. The van der Waals surface area contributed by atoms with Crippen LogP contribution < -0.4 is 0 Å². The predicted octanol–water partition coefficient (Wildman–Crippen LogP) is 6.72. The minimum absolute atomic E-state index is 0.535. The summed E-state index contributed by atoms with van der Waals surface area (Å²) in [6, 6.07) is 0. The van der Waals surface area contributed by atoms with Crippen molar-refractivity contribution in [2.45, 2.75) is 60.3 Å². The van der Waals surface area contributed by atoms with Gasteiger partial charge >= 0.3 is 0 Å². The lowest BCUT2D eigenvalue weighted by atomic mass is 9.75. The largest absolute Gasteiger partial charge is 0.0996 e. The summed E-state index contributed by atoms with van der Waals surface area (Å²) in [6.07, 6.45) is 11.0. The average molecular weight is 262 g/mol. The molecule has 2 atom stereocenters. The first kappa shape index (κ1) is 20.3. The molecule has 110 valence electrons. The molecule has 0 aromatic heterocycles. The number of hydrogen-bond acceptors (Lipinski definition) is 0. The van der Waals surface area contributed by atoms with Gasteiger partial charge in [-0.2, -0.15) is 0 Å². The van der Waals surface area contributed by atoms with E-state index in [-0.39, 0.29) is 0 Å². The van der Waals surface area contributed by atoms with Gasteiger partial charge in [0.1, 0.15) is 0 Å². The highest BCUT2D eigenvalue weighted by Gasteiger charge is 2.24. The van der Waals surface area contributed by atoms with Crippen LogP contribution in [0.3, 0.4) is 0 Å². The molecule has 1 unspecified atom stereocenters. The van der Waals surface area contributed by atoms with Gasteiger partial charge in [-0.25, -0.2) is 0 Å². The van der Waals surface area contributed by atoms with Crippen molar-refractivity contribution in [3.8, 4) is 0 Å². The highest BCUT2D eigenvalue weighted by atomic mass is 14.3. The van der Waals surface area contributed by atoms with Gasteiger partial charge in [0.05, 0.1) is 0 Å². The molecule has 0 nitrogen and oxygen atoms in total. The second-order valence-corrected chi connectivity index (χ2v) is 4.41. The van der Waals surface area contributed by atoms with Gasteiger partial charge in [0, 0.05) is 0 Å². The SMILES string of the molecule is C=C/C=C(\C=C)[C@H](C)C1CCCCC1=C.CC.CC. The summed E-state index contributed by atoms with van der Waals surface area (Å²) < 4.78 is 0. The Balaban J connectivity index is 0. The van der Waals surface area contributed by atoms with Gasteiger partial charge in [-0.05, 0) is 36.7 Å². The van der Waals surface area contributed by atoms with Crippen molar-refractivity contribution < 1.29 is 0 Å². The van der Waals surface area contributed by atoms with Crippen molar-refractivity contribution in [3.63, 3.8) is 0 Å². The smallest absolute Gasteiger partial charge is 0.0125 e. The summed E-state index contributed by atoms with van der Waals surface area (Å²) in [5.41, 5.74) is 2.71. The van der Waals surface area contributed by atoms with Crippen LogP contribution in [0.25, 0.3) is 0 Å². The van der Waals surface area contributed by atoms with E-state index in [4.69, 9.17) is 0 Å². The standard InChI is InChI=1S/C15H22.2C2H6/c1-5-9-14(6-2)13(4)15-11-8-7-10-12(15)3;2*1-2/h5-6,9,13,15H,1-3,7-8,10-11H2,4H3;2*1-2H3/b14-9+;;/t13-,15?;;/m0../s1. The van der Waals surface area contributed by atoms with E-state index in [9.17, 15) is 0 Å². The lowest BCUT2D eigenvalue weighted by molar-refractivity contribution is 0.376. The van der Waals surface area contributed by atoms with E-state index in [0.29, 0.717) is 11.8 Å². The molecule has 0 amide bonds. The topological polar surface area (TPSA) is 0 Å². The third-order valence-electron chi connectivity index (χ3n) is 3.46. The van der Waals surface area contributed by atoms with E-state index in [1.807, 2.05) is 39.8 Å². The Morgan fingerprint density at radius 1 is 1.16 bits per heavy atom. The summed E-state index contributed by atoms with van der Waals surface area (Å²) >= 11 is 0. The predicted molar refractivity (Wildman–Crippen MR) is 91.4 cm³/mol. The van der Waals surface area contributed by atoms with Crippen molar-refractivity contribution in [1.82, 2.24) is 0 Å². The summed E-state index contributed by atoms with van der Waals surface area (Å²) in [7, 11) is 0. The molecule has 1 rings (SSSR count). The fourth-order valence-electron chi connectivity index (χ4n) is 2.48. The second-order valence-electron chi connectivity index (χ2n) is 4.41. The normalized spacial score (nSPS) is 20.2. The molecule has 0 aromatic rings. The first-order valence-electron chi connectivity index (χ1n) is 7.83. The van der Waals surface area contributed by atoms with E-state index in [1.54, 1.807) is 0 Å². The molecule has 0 spiro atoms. The molecule has 1 saturated carbocycles. The first-order valence-corrected chi connectivity index (χ1v) is 7.83. The van der Waals surface area contributed by atoms with Crippen LogP contribution in [0.2, 0.25) is 0 Å². The minimum atomic E-state index is 0.535. The fraction of sp³-hybridized carbons (Fsp3) is 0.579. The monoisotopic (exact) mass is 262 g/mol. The second kappa shape index (κ2) is 13.4. The third-order valence-corrected chi connectivity index (χ3v) is 3.46. The maximum absolute atomic E-state index is 4.21. The lowest BCUT2D eigenvalue weighted by Gasteiger charge is -2.30. The maximum atomic E-state index is 4.21. The summed E-state index contributed by atoms with van der Waals surface area (Å²) in [4.78, 5) is 0. The van der Waals surface area contributed by atoms with Crippen LogP contribution in [0.5, 0.6) is 0 Å². The van der Waals surface area contributed by atoms with Crippen LogP contribution in [0.4, 0.5) is 0 Å². The Hall–Kier alpha value is -1.04. The molecule has 0 radical (unpaired) electrons. The molecular weight excluding hydrogens is 228 g/mol. The molecule has 0 N–H and O–H groups in total. The van der Waals surface area contributed by atoms with Crippen LogP contribution in [-0.2, 0) is 0 Å². The summed E-state index contributed by atoms with van der Waals surface area (Å²) in [6.45, 7) is 22.1. The molecule has 19 heavy (non-hydrogen) atoms. The zero-order valence-electron chi connectivity index (χ0n) is 13.8. The molecule has 0 heteroatoms. The molecule has 0 saturated heterocycles. The first-order chi connectivity index (χ1) is 9.20. The van der Waals surface area contributed by atoms with Crippen molar-refractivity contribution >= 4 is 0 Å². The van der Waals surface area contributed by atoms with E-state index in [1.165, 1.54) is 36.8 Å². The summed E-state index contributed by atoms with van der Waals surface area (Å²) in [5.74, 6) is 1.18. The van der Waals surface area contributed by atoms with Crippen LogP contribution >= 0.6 is 0 Å².